The molecule has 1 aromatic heterocycles. The molecule has 0 aliphatic rings. The lowest BCUT2D eigenvalue weighted by Crippen LogP contribution is -2.31. The van der Waals surface area contributed by atoms with Crippen LogP contribution in [0.2, 0.25) is 0 Å². The molecule has 0 radical (unpaired) electrons. The summed E-state index contributed by atoms with van der Waals surface area (Å²) in [6.07, 6.45) is 2.58. The van der Waals surface area contributed by atoms with Gasteiger partial charge in [0.1, 0.15) is 5.70 Å². The summed E-state index contributed by atoms with van der Waals surface area (Å²) in [4.78, 5) is 16.6. The van der Waals surface area contributed by atoms with Crippen molar-refractivity contribution in [2.45, 2.75) is 13.3 Å². The molecule has 3 rings (SSSR count). The van der Waals surface area contributed by atoms with Gasteiger partial charge in [-0.1, -0.05) is 43.3 Å². The lowest BCUT2D eigenvalue weighted by molar-refractivity contribution is -0.117. The summed E-state index contributed by atoms with van der Waals surface area (Å²) >= 11 is 0. The molecule has 0 bridgehead atoms. The van der Waals surface area contributed by atoms with Crippen LogP contribution in [-0.4, -0.2) is 17.4 Å². The summed E-state index contributed by atoms with van der Waals surface area (Å²) in [6.45, 7) is 2.49. The summed E-state index contributed by atoms with van der Waals surface area (Å²) in [5.74, 6) is -0.397. The monoisotopic (exact) mass is 361 g/mol. The fraction of sp³-hybridized carbons (Fsp3) is 0.143. The van der Waals surface area contributed by atoms with Crippen LogP contribution in [0.3, 0.4) is 0 Å². The summed E-state index contributed by atoms with van der Waals surface area (Å²) in [5.41, 5.74) is 22.1. The number of hydrogen-bond acceptors (Lipinski definition) is 5. The van der Waals surface area contributed by atoms with E-state index in [1.54, 1.807) is 12.3 Å². The maximum atomic E-state index is 12.1. The molecular weight excluding hydrogens is 338 g/mol. The lowest BCUT2D eigenvalue weighted by atomic mass is 9.98. The number of nitrogen functional groups attached to an aromatic ring is 1. The average molecular weight is 361 g/mol. The number of rotatable bonds is 5. The molecule has 0 fully saturated rings. The van der Waals surface area contributed by atoms with Crippen LogP contribution in [0.15, 0.2) is 60.4 Å². The molecule has 3 aromatic rings. The van der Waals surface area contributed by atoms with Gasteiger partial charge in [-0.3, -0.25) is 9.78 Å². The minimum atomic E-state index is -0.397. The zero-order valence-corrected chi connectivity index (χ0v) is 15.2. The maximum Gasteiger partial charge on any atom is 0.269 e. The number of hydrogen-bond donors (Lipinski definition) is 4. The molecule has 0 unspecified atom stereocenters. The van der Waals surface area contributed by atoms with Crippen LogP contribution in [0.25, 0.3) is 27.7 Å². The minimum absolute atomic E-state index is 0.0380. The van der Waals surface area contributed by atoms with Gasteiger partial charge in [-0.15, -0.1) is 0 Å². The molecule has 7 N–H and O–H groups in total. The van der Waals surface area contributed by atoms with E-state index in [4.69, 9.17) is 17.2 Å². The van der Waals surface area contributed by atoms with E-state index in [1.165, 1.54) is 0 Å². The Morgan fingerprint density at radius 1 is 1.11 bits per heavy atom. The van der Waals surface area contributed by atoms with Crippen molar-refractivity contribution in [3.05, 3.63) is 66.0 Å². The lowest BCUT2D eigenvalue weighted by Gasteiger charge is -2.14. The normalized spacial score (nSPS) is 11.9. The second kappa shape index (κ2) is 7.78. The van der Waals surface area contributed by atoms with Gasteiger partial charge in [0.2, 0.25) is 0 Å². The number of nitrogens with one attached hydrogen (secondary N) is 1. The Morgan fingerprint density at radius 2 is 1.89 bits per heavy atom. The molecular formula is C21H23N5O. The number of carbonyl (C=O) groups excluding carboxylic acids is 1. The van der Waals surface area contributed by atoms with E-state index in [9.17, 15) is 4.79 Å². The van der Waals surface area contributed by atoms with Crippen LogP contribution >= 0.6 is 0 Å². The van der Waals surface area contributed by atoms with Gasteiger partial charge in [0.25, 0.3) is 5.91 Å². The summed E-state index contributed by atoms with van der Waals surface area (Å²) < 4.78 is 0. The van der Waals surface area contributed by atoms with Crippen molar-refractivity contribution in [1.29, 1.82) is 0 Å². The van der Waals surface area contributed by atoms with Crippen molar-refractivity contribution in [3.63, 3.8) is 0 Å². The highest BCUT2D eigenvalue weighted by molar-refractivity contribution is 6.01. The van der Waals surface area contributed by atoms with Crippen molar-refractivity contribution < 1.29 is 4.79 Å². The topological polar surface area (TPSA) is 120 Å². The van der Waals surface area contributed by atoms with Gasteiger partial charge in [-0.05, 0) is 18.6 Å². The molecule has 2 aromatic carbocycles. The van der Waals surface area contributed by atoms with Crippen LogP contribution in [0.1, 0.15) is 18.9 Å². The third kappa shape index (κ3) is 3.69. The quantitative estimate of drug-likeness (QED) is 0.411. The first kappa shape index (κ1) is 18.3. The van der Waals surface area contributed by atoms with Crippen LogP contribution < -0.4 is 22.5 Å². The number of para-hydroxylation sites is 2. The first-order valence-corrected chi connectivity index (χ1v) is 8.80. The predicted molar refractivity (Wildman–Crippen MR) is 110 cm³/mol. The molecule has 1 amide bonds. The first-order valence-electron chi connectivity index (χ1n) is 8.80. The van der Waals surface area contributed by atoms with E-state index in [0.717, 1.165) is 28.5 Å². The Kier molecular flexibility index (Phi) is 5.26. The summed E-state index contributed by atoms with van der Waals surface area (Å²) in [7, 11) is 0. The molecule has 0 spiro atoms. The fourth-order valence-electron chi connectivity index (χ4n) is 2.87. The predicted octanol–water partition coefficient (Wildman–Crippen LogP) is 2.60. The van der Waals surface area contributed by atoms with Crippen molar-refractivity contribution in [2.24, 2.45) is 11.5 Å². The molecule has 0 saturated carbocycles. The Balaban J connectivity index is 2.03. The molecule has 27 heavy (non-hydrogen) atoms. The standard InChI is InChI=1S/C21H23N5O/c1-2-10-25-21(27)20(24)19(23)16-8-5-7-15(18(16)22)14-11-13-6-3-4-9-17(13)26-12-14/h3-9,11-12H,2,10,22-24H2,1H3,(H,25,27)/b20-19+. The molecule has 0 atom stereocenters. The van der Waals surface area contributed by atoms with Gasteiger partial charge in [0.05, 0.1) is 11.2 Å². The second-order valence-electron chi connectivity index (χ2n) is 6.27. The van der Waals surface area contributed by atoms with Crippen molar-refractivity contribution in [2.75, 3.05) is 12.3 Å². The average Bonchev–Trinajstić information content (AvgIpc) is 2.70. The van der Waals surface area contributed by atoms with Gasteiger partial charge in [-0.2, -0.15) is 0 Å². The van der Waals surface area contributed by atoms with Gasteiger partial charge in [0, 0.05) is 40.5 Å². The van der Waals surface area contributed by atoms with Gasteiger partial charge in [-0.25, -0.2) is 0 Å². The number of anilines is 1. The second-order valence-corrected chi connectivity index (χ2v) is 6.27. The number of nitrogens with zero attached hydrogens (tertiary/aromatic N) is 1. The van der Waals surface area contributed by atoms with E-state index in [2.05, 4.69) is 10.3 Å². The highest BCUT2D eigenvalue weighted by atomic mass is 16.2. The van der Waals surface area contributed by atoms with Crippen LogP contribution in [0, 0.1) is 0 Å². The molecule has 6 nitrogen and oxygen atoms in total. The van der Waals surface area contributed by atoms with Crippen molar-refractivity contribution in [1.82, 2.24) is 10.3 Å². The Bertz CT molecular complexity index is 1030. The molecule has 138 valence electrons. The Labute approximate surface area is 158 Å². The minimum Gasteiger partial charge on any atom is -0.398 e. The van der Waals surface area contributed by atoms with E-state index < -0.39 is 5.91 Å². The highest BCUT2D eigenvalue weighted by Crippen LogP contribution is 2.32. The SMILES string of the molecule is CCCNC(=O)/C(N)=C(\N)c1cccc(-c2cnc3ccccc3c2)c1N. The summed E-state index contributed by atoms with van der Waals surface area (Å²) in [6, 6.07) is 15.4. The smallest absolute Gasteiger partial charge is 0.269 e. The molecule has 0 saturated heterocycles. The number of nitrogens with two attached hydrogens (primary N) is 3. The third-order valence-electron chi connectivity index (χ3n) is 4.37. The number of benzene rings is 2. The number of amides is 1. The number of aromatic nitrogens is 1. The number of fused-ring (bicyclic) bond motifs is 1. The number of carbonyl (C=O) groups is 1. The van der Waals surface area contributed by atoms with Gasteiger partial charge < -0.3 is 22.5 Å². The molecule has 1 heterocycles. The first-order chi connectivity index (χ1) is 13.0. The largest absolute Gasteiger partial charge is 0.398 e. The van der Waals surface area contributed by atoms with E-state index in [0.29, 0.717) is 17.8 Å². The molecule has 6 heteroatoms. The molecule has 0 aliphatic carbocycles. The Morgan fingerprint density at radius 3 is 2.67 bits per heavy atom. The van der Waals surface area contributed by atoms with Crippen LogP contribution in [0.5, 0.6) is 0 Å². The van der Waals surface area contributed by atoms with Crippen molar-refractivity contribution >= 4 is 28.2 Å². The zero-order valence-electron chi connectivity index (χ0n) is 15.2. The number of pyridine rings is 1. The van der Waals surface area contributed by atoms with Gasteiger partial charge in [0.15, 0.2) is 0 Å². The van der Waals surface area contributed by atoms with Gasteiger partial charge >= 0.3 is 0 Å². The van der Waals surface area contributed by atoms with E-state index in [1.807, 2.05) is 49.4 Å². The maximum absolute atomic E-state index is 12.1. The van der Waals surface area contributed by atoms with Crippen molar-refractivity contribution in [3.8, 4) is 11.1 Å². The summed E-state index contributed by atoms with van der Waals surface area (Å²) in [5, 5.41) is 3.73. The zero-order chi connectivity index (χ0) is 19.4. The Hall–Kier alpha value is -3.54. The van der Waals surface area contributed by atoms with Crippen LogP contribution in [-0.2, 0) is 4.79 Å². The van der Waals surface area contributed by atoms with Crippen LogP contribution in [0.4, 0.5) is 5.69 Å². The fourth-order valence-corrected chi connectivity index (χ4v) is 2.87. The highest BCUT2D eigenvalue weighted by Gasteiger charge is 2.15. The van der Waals surface area contributed by atoms with E-state index in [-0.39, 0.29) is 11.4 Å². The van der Waals surface area contributed by atoms with E-state index >= 15 is 0 Å². The molecule has 0 aliphatic heterocycles. The third-order valence-corrected chi connectivity index (χ3v) is 4.37.